The van der Waals surface area contributed by atoms with Gasteiger partial charge in [0.1, 0.15) is 12.4 Å². The summed E-state index contributed by atoms with van der Waals surface area (Å²) in [5.74, 6) is 0.203. The highest BCUT2D eigenvalue weighted by Gasteiger charge is 2.18. The van der Waals surface area contributed by atoms with Gasteiger partial charge in [0.15, 0.2) is 0 Å². The van der Waals surface area contributed by atoms with Gasteiger partial charge in [-0.15, -0.1) is 0 Å². The second-order valence-electron chi connectivity index (χ2n) is 4.55. The maximum atomic E-state index is 12.2. The number of aliphatic hydroxyl groups is 1. The van der Waals surface area contributed by atoms with Crippen molar-refractivity contribution in [2.24, 2.45) is 0 Å². The van der Waals surface area contributed by atoms with Crippen molar-refractivity contribution in [3.63, 3.8) is 0 Å². The van der Waals surface area contributed by atoms with E-state index >= 15 is 0 Å². The minimum absolute atomic E-state index is 0.203. The van der Waals surface area contributed by atoms with Crippen LogP contribution in [0.3, 0.4) is 0 Å². The molecule has 0 spiro atoms. The molecule has 0 saturated heterocycles. The molecule has 0 fully saturated rings. The van der Waals surface area contributed by atoms with Crippen LogP contribution in [0.1, 0.15) is 5.76 Å². The molecule has 0 atom stereocenters. The molecular weight excluding hydrogens is 290 g/mol. The summed E-state index contributed by atoms with van der Waals surface area (Å²) in [5.41, 5.74) is 0.454. The van der Waals surface area contributed by atoms with Crippen molar-refractivity contribution in [2.45, 2.75) is 11.7 Å². The van der Waals surface area contributed by atoms with Crippen molar-refractivity contribution in [1.82, 2.24) is 0 Å². The zero-order valence-corrected chi connectivity index (χ0v) is 11.8. The first-order valence-electron chi connectivity index (χ1n) is 6.30. The van der Waals surface area contributed by atoms with E-state index < -0.39 is 10.0 Å². The molecule has 0 aliphatic rings. The van der Waals surface area contributed by atoms with Gasteiger partial charge in [0.2, 0.25) is 5.09 Å². The number of fused-ring (bicyclic) bond motifs is 1. The zero-order chi connectivity index (χ0) is 14.9. The summed E-state index contributed by atoms with van der Waals surface area (Å²) < 4.78 is 31.9. The van der Waals surface area contributed by atoms with Crippen LogP contribution in [-0.2, 0) is 16.6 Å². The van der Waals surface area contributed by atoms with Crippen LogP contribution in [0.25, 0.3) is 10.8 Å². The monoisotopic (exact) mass is 303 g/mol. The standard InChI is InChI=1S/C15H13NO4S/c17-10-14-7-8-15(20-14)21(18,19)16-13-6-5-11-3-1-2-4-12(11)9-13/h1-9,16-17H,10H2. The molecular formula is C15H13NO4S. The Morgan fingerprint density at radius 1 is 1.00 bits per heavy atom. The van der Waals surface area contributed by atoms with Crippen LogP contribution >= 0.6 is 0 Å². The Balaban J connectivity index is 1.93. The van der Waals surface area contributed by atoms with Gasteiger partial charge in [-0.25, -0.2) is 0 Å². The molecule has 6 heteroatoms. The number of anilines is 1. The lowest BCUT2D eigenvalue weighted by atomic mass is 10.1. The molecule has 0 aliphatic carbocycles. The molecule has 0 amide bonds. The average molecular weight is 303 g/mol. The van der Waals surface area contributed by atoms with E-state index in [1.165, 1.54) is 12.1 Å². The van der Waals surface area contributed by atoms with Gasteiger partial charge in [-0.05, 0) is 35.0 Å². The first-order chi connectivity index (χ1) is 10.1. The summed E-state index contributed by atoms with van der Waals surface area (Å²) in [6, 6.07) is 15.7. The van der Waals surface area contributed by atoms with Crippen molar-refractivity contribution in [2.75, 3.05) is 4.72 Å². The molecule has 21 heavy (non-hydrogen) atoms. The molecule has 1 heterocycles. The summed E-state index contributed by atoms with van der Waals surface area (Å²) in [4.78, 5) is 0. The third-order valence-corrected chi connectivity index (χ3v) is 4.31. The Bertz CT molecular complexity index is 883. The van der Waals surface area contributed by atoms with Crippen molar-refractivity contribution in [1.29, 1.82) is 0 Å². The fourth-order valence-electron chi connectivity index (χ4n) is 2.05. The van der Waals surface area contributed by atoms with Crippen LogP contribution in [0.2, 0.25) is 0 Å². The Labute approximate surface area is 121 Å². The quantitative estimate of drug-likeness (QED) is 0.776. The molecule has 5 nitrogen and oxygen atoms in total. The summed E-state index contributed by atoms with van der Waals surface area (Å²) in [7, 11) is -3.80. The van der Waals surface area contributed by atoms with Gasteiger partial charge in [0, 0.05) is 5.69 Å². The molecule has 3 rings (SSSR count). The van der Waals surface area contributed by atoms with Gasteiger partial charge in [-0.2, -0.15) is 8.42 Å². The van der Waals surface area contributed by atoms with Crippen molar-refractivity contribution < 1.29 is 17.9 Å². The Morgan fingerprint density at radius 3 is 2.48 bits per heavy atom. The highest BCUT2D eigenvalue weighted by atomic mass is 32.2. The normalized spacial score (nSPS) is 11.7. The molecule has 0 bridgehead atoms. The number of furan rings is 1. The van der Waals surface area contributed by atoms with Crippen LogP contribution in [0, 0.1) is 0 Å². The van der Waals surface area contributed by atoms with Crippen molar-refractivity contribution in [3.8, 4) is 0 Å². The van der Waals surface area contributed by atoms with Gasteiger partial charge >= 0.3 is 0 Å². The number of nitrogens with one attached hydrogen (secondary N) is 1. The number of hydrogen-bond donors (Lipinski definition) is 2. The molecule has 0 unspecified atom stereocenters. The van der Waals surface area contributed by atoms with Crippen LogP contribution < -0.4 is 4.72 Å². The molecule has 1 aromatic heterocycles. The van der Waals surface area contributed by atoms with E-state index in [9.17, 15) is 8.42 Å². The first-order valence-corrected chi connectivity index (χ1v) is 7.78. The second kappa shape index (κ2) is 5.23. The van der Waals surface area contributed by atoms with E-state index in [1.54, 1.807) is 12.1 Å². The molecule has 2 N–H and O–H groups in total. The third kappa shape index (κ3) is 2.76. The molecule has 3 aromatic rings. The van der Waals surface area contributed by atoms with E-state index in [-0.39, 0.29) is 17.5 Å². The van der Waals surface area contributed by atoms with E-state index in [2.05, 4.69) is 4.72 Å². The van der Waals surface area contributed by atoms with E-state index in [0.717, 1.165) is 10.8 Å². The van der Waals surface area contributed by atoms with Gasteiger partial charge in [0.05, 0.1) is 0 Å². The predicted octanol–water partition coefficient (Wildman–Crippen LogP) is 2.73. The zero-order valence-electron chi connectivity index (χ0n) is 11.0. The van der Waals surface area contributed by atoms with Crippen molar-refractivity contribution >= 4 is 26.5 Å². The number of rotatable bonds is 4. The fraction of sp³-hybridized carbons (Fsp3) is 0.0667. The molecule has 0 saturated carbocycles. The third-order valence-electron chi connectivity index (χ3n) is 3.06. The molecule has 108 valence electrons. The minimum Gasteiger partial charge on any atom is -0.445 e. The van der Waals surface area contributed by atoms with Crippen molar-refractivity contribution in [3.05, 3.63) is 60.4 Å². The summed E-state index contributed by atoms with van der Waals surface area (Å²) in [5, 5.41) is 10.7. The SMILES string of the molecule is O=S(=O)(Nc1ccc2ccccc2c1)c1ccc(CO)o1. The highest BCUT2D eigenvalue weighted by Crippen LogP contribution is 2.22. The first kappa shape index (κ1) is 13.7. The Hall–Kier alpha value is -2.31. The Morgan fingerprint density at radius 2 is 1.76 bits per heavy atom. The van der Waals surface area contributed by atoms with E-state index in [0.29, 0.717) is 5.69 Å². The molecule has 0 radical (unpaired) electrons. The van der Waals surface area contributed by atoms with Gasteiger partial charge < -0.3 is 9.52 Å². The smallest absolute Gasteiger partial charge is 0.295 e. The van der Waals surface area contributed by atoms with Crippen LogP contribution in [-0.4, -0.2) is 13.5 Å². The number of sulfonamides is 1. The predicted molar refractivity (Wildman–Crippen MR) is 79.4 cm³/mol. The lowest BCUT2D eigenvalue weighted by Crippen LogP contribution is -2.12. The fourth-order valence-corrected chi connectivity index (χ4v) is 3.05. The maximum absolute atomic E-state index is 12.2. The molecule has 0 aliphatic heterocycles. The largest absolute Gasteiger partial charge is 0.445 e. The minimum atomic E-state index is -3.80. The lowest BCUT2D eigenvalue weighted by Gasteiger charge is -2.07. The second-order valence-corrected chi connectivity index (χ2v) is 6.16. The van der Waals surface area contributed by atoms with Gasteiger partial charge in [-0.3, -0.25) is 4.72 Å². The van der Waals surface area contributed by atoms with Crippen LogP contribution in [0.15, 0.2) is 64.1 Å². The van der Waals surface area contributed by atoms with Crippen LogP contribution in [0.4, 0.5) is 5.69 Å². The number of benzene rings is 2. The van der Waals surface area contributed by atoms with Gasteiger partial charge in [0.25, 0.3) is 10.0 Å². The average Bonchev–Trinajstić information content (AvgIpc) is 2.96. The molecule has 2 aromatic carbocycles. The topological polar surface area (TPSA) is 79.5 Å². The van der Waals surface area contributed by atoms with Gasteiger partial charge in [-0.1, -0.05) is 30.3 Å². The summed E-state index contributed by atoms with van der Waals surface area (Å²) >= 11 is 0. The number of aliphatic hydroxyl groups excluding tert-OH is 1. The maximum Gasteiger partial charge on any atom is 0.295 e. The lowest BCUT2D eigenvalue weighted by molar-refractivity contribution is 0.236. The van der Waals surface area contributed by atoms with E-state index in [1.807, 2.05) is 30.3 Å². The highest BCUT2D eigenvalue weighted by molar-refractivity contribution is 7.92. The van der Waals surface area contributed by atoms with E-state index in [4.69, 9.17) is 9.52 Å². The van der Waals surface area contributed by atoms with Crippen LogP contribution in [0.5, 0.6) is 0 Å². The summed E-state index contributed by atoms with van der Waals surface area (Å²) in [6.07, 6.45) is 0. The number of hydrogen-bond acceptors (Lipinski definition) is 4. The summed E-state index contributed by atoms with van der Waals surface area (Å²) in [6.45, 7) is -0.342. The Kier molecular flexibility index (Phi) is 3.40.